The maximum Gasteiger partial charge on any atom is 0.433 e. The first-order valence-electron chi connectivity index (χ1n) is 9.03. The fourth-order valence-corrected chi connectivity index (χ4v) is 3.09. The number of hydrogen-bond acceptors (Lipinski definition) is 3. The lowest BCUT2D eigenvalue weighted by molar-refractivity contribution is -0.142. The third kappa shape index (κ3) is 3.94. The summed E-state index contributed by atoms with van der Waals surface area (Å²) in [6.07, 6.45) is -4.54. The summed E-state index contributed by atoms with van der Waals surface area (Å²) in [6, 6.07) is 17.3. The first-order chi connectivity index (χ1) is 13.8. The monoisotopic (exact) mass is 397 g/mol. The van der Waals surface area contributed by atoms with Crippen LogP contribution in [0, 0.1) is 13.8 Å². The zero-order valence-corrected chi connectivity index (χ0v) is 15.9. The van der Waals surface area contributed by atoms with Gasteiger partial charge in [0.25, 0.3) is 0 Å². The summed E-state index contributed by atoms with van der Waals surface area (Å²) in [5, 5.41) is 3.90. The average molecular weight is 397 g/mol. The summed E-state index contributed by atoms with van der Waals surface area (Å²) in [7, 11) is 0. The summed E-state index contributed by atoms with van der Waals surface area (Å²) in [6.45, 7) is 4.07. The molecule has 0 amide bonds. The van der Waals surface area contributed by atoms with Crippen LogP contribution in [0.15, 0.2) is 60.7 Å². The largest absolute Gasteiger partial charge is 0.489 e. The summed E-state index contributed by atoms with van der Waals surface area (Å²) in [4.78, 5) is 4.33. The molecule has 0 unspecified atom stereocenters. The van der Waals surface area contributed by atoms with Crippen molar-refractivity contribution in [3.63, 3.8) is 0 Å². The van der Waals surface area contributed by atoms with Crippen LogP contribution in [0.4, 0.5) is 13.2 Å². The van der Waals surface area contributed by atoms with Crippen molar-refractivity contribution in [3.8, 4) is 17.0 Å². The Morgan fingerprint density at radius 3 is 2.38 bits per heavy atom. The quantitative estimate of drug-likeness (QED) is 0.449. The van der Waals surface area contributed by atoms with Gasteiger partial charge in [0.2, 0.25) is 0 Å². The van der Waals surface area contributed by atoms with Gasteiger partial charge in [0.15, 0.2) is 11.3 Å². The zero-order valence-electron chi connectivity index (χ0n) is 15.9. The van der Waals surface area contributed by atoms with E-state index in [2.05, 4.69) is 10.1 Å². The second-order valence-electron chi connectivity index (χ2n) is 6.82. The van der Waals surface area contributed by atoms with Crippen molar-refractivity contribution in [1.29, 1.82) is 0 Å². The van der Waals surface area contributed by atoms with Crippen molar-refractivity contribution in [2.75, 3.05) is 0 Å². The average Bonchev–Trinajstić information content (AvgIpc) is 3.06. The number of alkyl halides is 3. The molecule has 7 heteroatoms. The van der Waals surface area contributed by atoms with Crippen molar-refractivity contribution < 1.29 is 17.9 Å². The van der Waals surface area contributed by atoms with Gasteiger partial charge in [-0.1, -0.05) is 24.3 Å². The number of rotatable bonds is 4. The van der Waals surface area contributed by atoms with E-state index >= 15 is 0 Å². The molecule has 0 bridgehead atoms. The number of fused-ring (bicyclic) bond motifs is 1. The van der Waals surface area contributed by atoms with Gasteiger partial charge in [-0.05, 0) is 55.3 Å². The first kappa shape index (κ1) is 19.0. The number of aromatic nitrogens is 3. The lowest BCUT2D eigenvalue weighted by Crippen LogP contribution is -2.13. The van der Waals surface area contributed by atoms with E-state index < -0.39 is 11.9 Å². The van der Waals surface area contributed by atoms with Crippen molar-refractivity contribution >= 4 is 5.65 Å². The molecular formula is C22H18F3N3O. The molecule has 2 heterocycles. The topological polar surface area (TPSA) is 39.4 Å². The second-order valence-corrected chi connectivity index (χ2v) is 6.82. The Morgan fingerprint density at radius 2 is 1.69 bits per heavy atom. The van der Waals surface area contributed by atoms with Crippen LogP contribution in [0.3, 0.4) is 0 Å². The Morgan fingerprint density at radius 1 is 0.966 bits per heavy atom. The van der Waals surface area contributed by atoms with Gasteiger partial charge in [-0.25, -0.2) is 9.50 Å². The first-order valence-corrected chi connectivity index (χ1v) is 9.03. The highest BCUT2D eigenvalue weighted by Crippen LogP contribution is 2.32. The fraction of sp³-hybridized carbons (Fsp3) is 0.182. The Bertz CT molecular complexity index is 1160. The summed E-state index contributed by atoms with van der Waals surface area (Å²) < 4.78 is 47.1. The minimum Gasteiger partial charge on any atom is -0.489 e. The Labute approximate surface area is 165 Å². The molecule has 0 aliphatic carbocycles. The van der Waals surface area contributed by atoms with Crippen LogP contribution in [-0.2, 0) is 12.8 Å². The molecule has 148 valence electrons. The predicted molar refractivity (Wildman–Crippen MR) is 104 cm³/mol. The van der Waals surface area contributed by atoms with Crippen LogP contribution < -0.4 is 4.74 Å². The lowest BCUT2D eigenvalue weighted by atomic mass is 10.1. The minimum atomic E-state index is -4.54. The molecule has 0 aliphatic rings. The van der Waals surface area contributed by atoms with E-state index in [1.165, 1.54) is 6.07 Å². The molecule has 0 aliphatic heterocycles. The Hall–Kier alpha value is -3.35. The maximum atomic E-state index is 13.5. The Balaban J connectivity index is 1.62. The zero-order chi connectivity index (χ0) is 20.6. The van der Waals surface area contributed by atoms with E-state index in [4.69, 9.17) is 4.74 Å². The fourth-order valence-electron chi connectivity index (χ4n) is 3.09. The molecule has 0 saturated carbocycles. The summed E-state index contributed by atoms with van der Waals surface area (Å²) in [5.41, 5.74) is 2.79. The number of halogens is 3. The van der Waals surface area contributed by atoms with Crippen LogP contribution in [0.1, 0.15) is 22.5 Å². The van der Waals surface area contributed by atoms with Gasteiger partial charge < -0.3 is 4.74 Å². The normalized spacial score (nSPS) is 11.8. The molecule has 0 atom stereocenters. The third-order valence-corrected chi connectivity index (χ3v) is 4.65. The highest BCUT2D eigenvalue weighted by molar-refractivity contribution is 5.63. The second kappa shape index (κ2) is 7.24. The molecule has 0 spiro atoms. The molecule has 0 fully saturated rings. The predicted octanol–water partition coefficient (Wildman–Crippen LogP) is 5.61. The van der Waals surface area contributed by atoms with Gasteiger partial charge in [-0.2, -0.15) is 18.3 Å². The summed E-state index contributed by atoms with van der Waals surface area (Å²) in [5.74, 6) is 0.634. The van der Waals surface area contributed by atoms with Crippen molar-refractivity contribution in [2.24, 2.45) is 0 Å². The van der Waals surface area contributed by atoms with Crippen LogP contribution in [0.2, 0.25) is 0 Å². The molecule has 2 aromatic heterocycles. The molecule has 4 nitrogen and oxygen atoms in total. The molecule has 2 aromatic carbocycles. The van der Waals surface area contributed by atoms with Crippen molar-refractivity contribution in [1.82, 2.24) is 14.6 Å². The van der Waals surface area contributed by atoms with E-state index in [9.17, 15) is 13.2 Å². The van der Waals surface area contributed by atoms with E-state index in [0.29, 0.717) is 23.6 Å². The highest BCUT2D eigenvalue weighted by Gasteiger charge is 2.35. The van der Waals surface area contributed by atoms with E-state index in [1.54, 1.807) is 31.2 Å². The molecule has 29 heavy (non-hydrogen) atoms. The molecule has 0 saturated heterocycles. The minimum absolute atomic E-state index is 0.159. The van der Waals surface area contributed by atoms with Gasteiger partial charge in [-0.15, -0.1) is 0 Å². The number of benzene rings is 2. The van der Waals surface area contributed by atoms with Gasteiger partial charge in [-0.3, -0.25) is 0 Å². The van der Waals surface area contributed by atoms with Gasteiger partial charge >= 0.3 is 6.18 Å². The molecule has 0 N–H and O–H groups in total. The smallest absolute Gasteiger partial charge is 0.433 e. The maximum absolute atomic E-state index is 13.5. The standard InChI is InChI=1S/C22H18F3N3O/c1-14-5-3-4-6-17(14)13-29-18-9-7-16(8-10-18)19-12-20(22(23,24)25)28-21(26-19)11-15(2)27-28/h3-12H,13H2,1-2H3. The van der Waals surface area contributed by atoms with Crippen LogP contribution in [-0.4, -0.2) is 14.6 Å². The highest BCUT2D eigenvalue weighted by atomic mass is 19.4. The molecule has 0 radical (unpaired) electrons. The lowest BCUT2D eigenvalue weighted by Gasteiger charge is -2.12. The number of aryl methyl sites for hydroxylation is 2. The number of ether oxygens (including phenoxy) is 1. The van der Waals surface area contributed by atoms with Gasteiger partial charge in [0, 0.05) is 11.6 Å². The van der Waals surface area contributed by atoms with E-state index in [1.807, 2.05) is 31.2 Å². The van der Waals surface area contributed by atoms with Crippen LogP contribution in [0.25, 0.3) is 16.9 Å². The number of hydrogen-bond donors (Lipinski definition) is 0. The van der Waals surface area contributed by atoms with Crippen LogP contribution in [0.5, 0.6) is 5.75 Å². The number of nitrogens with zero attached hydrogens (tertiary/aromatic N) is 3. The van der Waals surface area contributed by atoms with Crippen molar-refractivity contribution in [2.45, 2.75) is 26.6 Å². The third-order valence-electron chi connectivity index (χ3n) is 4.65. The molecule has 4 aromatic rings. The van der Waals surface area contributed by atoms with Crippen molar-refractivity contribution in [3.05, 3.63) is 83.2 Å². The van der Waals surface area contributed by atoms with Crippen LogP contribution >= 0.6 is 0 Å². The molecule has 4 rings (SSSR count). The van der Waals surface area contributed by atoms with E-state index in [-0.39, 0.29) is 11.3 Å². The SMILES string of the molecule is Cc1cc2nc(-c3ccc(OCc4ccccc4C)cc3)cc(C(F)(F)F)n2n1. The Kier molecular flexibility index (Phi) is 4.74. The summed E-state index contributed by atoms with van der Waals surface area (Å²) >= 11 is 0. The van der Waals surface area contributed by atoms with E-state index in [0.717, 1.165) is 21.7 Å². The van der Waals surface area contributed by atoms with Gasteiger partial charge in [0.1, 0.15) is 12.4 Å². The molecular weight excluding hydrogens is 379 g/mol. The van der Waals surface area contributed by atoms with Gasteiger partial charge in [0.05, 0.1) is 11.4 Å².